The van der Waals surface area contributed by atoms with Crippen LogP contribution in [0.15, 0.2) is 0 Å². The van der Waals surface area contributed by atoms with E-state index in [9.17, 15) is 4.79 Å². The van der Waals surface area contributed by atoms with Gasteiger partial charge in [-0.05, 0) is 32.2 Å². The van der Waals surface area contributed by atoms with Gasteiger partial charge in [-0.2, -0.15) is 0 Å². The van der Waals surface area contributed by atoms with Crippen LogP contribution < -0.4 is 11.1 Å². The minimum absolute atomic E-state index is 0.253. The number of amides is 1. The molecule has 1 aliphatic rings. The van der Waals surface area contributed by atoms with Crippen molar-refractivity contribution in [2.45, 2.75) is 32.1 Å². The van der Waals surface area contributed by atoms with Crippen LogP contribution in [0.25, 0.3) is 0 Å². The van der Waals surface area contributed by atoms with Crippen LogP contribution in [-0.2, 0) is 4.79 Å². The first kappa shape index (κ1) is 9.52. The number of rotatable bonds is 6. The summed E-state index contributed by atoms with van der Waals surface area (Å²) in [5, 5.41) is 2.92. The van der Waals surface area contributed by atoms with E-state index in [4.69, 9.17) is 5.73 Å². The predicted octanol–water partition coefficient (Wildman–Crippen LogP) is 0.642. The lowest BCUT2D eigenvalue weighted by atomic mass is 10.2. The van der Waals surface area contributed by atoms with Crippen LogP contribution in [0.5, 0.6) is 0 Å². The highest BCUT2D eigenvalue weighted by molar-refractivity contribution is 5.80. The van der Waals surface area contributed by atoms with Crippen LogP contribution in [0.1, 0.15) is 32.1 Å². The Bertz CT molecular complexity index is 143. The summed E-state index contributed by atoms with van der Waals surface area (Å²) in [6.45, 7) is 1.59. The molecule has 0 aromatic heterocycles. The molecule has 0 radical (unpaired) electrons. The Hall–Kier alpha value is -0.570. The van der Waals surface area contributed by atoms with Gasteiger partial charge in [0.2, 0.25) is 5.91 Å². The molecule has 1 amide bonds. The molecule has 1 aliphatic carbocycles. The summed E-state index contributed by atoms with van der Waals surface area (Å²) in [7, 11) is 0. The lowest BCUT2D eigenvalue weighted by Gasteiger charge is -2.02. The molecule has 1 rings (SSSR count). The van der Waals surface area contributed by atoms with Gasteiger partial charge in [0.15, 0.2) is 0 Å². The normalized spacial score (nSPS) is 16.1. The topological polar surface area (TPSA) is 55.1 Å². The lowest BCUT2D eigenvalue weighted by molar-refractivity contribution is -0.122. The Morgan fingerprint density at radius 2 is 2.08 bits per heavy atom. The highest BCUT2D eigenvalue weighted by Crippen LogP contribution is 2.28. The van der Waals surface area contributed by atoms with Crippen LogP contribution >= 0.6 is 0 Å². The minimum atomic E-state index is 0.253. The van der Waals surface area contributed by atoms with E-state index in [2.05, 4.69) is 5.32 Å². The molecule has 70 valence electrons. The van der Waals surface area contributed by atoms with Gasteiger partial charge < -0.3 is 11.1 Å². The molecule has 0 aromatic carbocycles. The van der Waals surface area contributed by atoms with Crippen molar-refractivity contribution in [3.8, 4) is 0 Å². The summed E-state index contributed by atoms with van der Waals surface area (Å²) in [6, 6.07) is 0. The van der Waals surface area contributed by atoms with Gasteiger partial charge in [0.25, 0.3) is 0 Å². The van der Waals surface area contributed by atoms with E-state index < -0.39 is 0 Å². The van der Waals surface area contributed by atoms with Gasteiger partial charge in [0.1, 0.15) is 0 Å². The van der Waals surface area contributed by atoms with Gasteiger partial charge in [0, 0.05) is 12.5 Å². The highest BCUT2D eigenvalue weighted by Gasteiger charge is 2.28. The molecule has 0 saturated heterocycles. The second-order valence-electron chi connectivity index (χ2n) is 3.41. The van der Waals surface area contributed by atoms with Crippen molar-refractivity contribution in [3.05, 3.63) is 0 Å². The Morgan fingerprint density at radius 3 is 2.67 bits per heavy atom. The molecular weight excluding hydrogens is 152 g/mol. The molecule has 0 aliphatic heterocycles. The first-order valence-electron chi connectivity index (χ1n) is 4.82. The number of nitrogens with one attached hydrogen (secondary N) is 1. The predicted molar refractivity (Wildman–Crippen MR) is 48.6 cm³/mol. The van der Waals surface area contributed by atoms with Crippen molar-refractivity contribution < 1.29 is 4.79 Å². The van der Waals surface area contributed by atoms with E-state index in [1.165, 1.54) is 0 Å². The Balaban J connectivity index is 1.84. The van der Waals surface area contributed by atoms with E-state index in [0.29, 0.717) is 5.92 Å². The average molecular weight is 170 g/mol. The smallest absolute Gasteiger partial charge is 0.223 e. The number of unbranched alkanes of at least 4 members (excludes halogenated alkanes) is 2. The zero-order chi connectivity index (χ0) is 8.81. The standard InChI is InChI=1S/C9H18N2O/c10-6-2-1-3-7-11-9(12)8-4-5-8/h8H,1-7,10H2,(H,11,12). The van der Waals surface area contributed by atoms with E-state index in [0.717, 1.165) is 45.2 Å². The van der Waals surface area contributed by atoms with Crippen molar-refractivity contribution in [1.82, 2.24) is 5.32 Å². The molecule has 0 bridgehead atoms. The van der Waals surface area contributed by atoms with Crippen LogP contribution in [0.2, 0.25) is 0 Å². The lowest BCUT2D eigenvalue weighted by Crippen LogP contribution is -2.25. The van der Waals surface area contributed by atoms with Crippen molar-refractivity contribution in [1.29, 1.82) is 0 Å². The number of nitrogens with two attached hydrogens (primary N) is 1. The summed E-state index contributed by atoms with van der Waals surface area (Å²) < 4.78 is 0. The van der Waals surface area contributed by atoms with Crippen molar-refractivity contribution in [2.75, 3.05) is 13.1 Å². The molecule has 0 heterocycles. The molecular formula is C9H18N2O. The zero-order valence-electron chi connectivity index (χ0n) is 7.51. The maximum Gasteiger partial charge on any atom is 0.223 e. The average Bonchev–Trinajstić information content (AvgIpc) is 2.86. The first-order valence-corrected chi connectivity index (χ1v) is 4.82. The summed E-state index contributed by atoms with van der Waals surface area (Å²) in [5.41, 5.74) is 5.34. The first-order chi connectivity index (χ1) is 5.84. The third-order valence-corrected chi connectivity index (χ3v) is 2.13. The Labute approximate surface area is 73.7 Å². The fraction of sp³-hybridized carbons (Fsp3) is 0.889. The molecule has 0 spiro atoms. The van der Waals surface area contributed by atoms with Crippen LogP contribution in [0, 0.1) is 5.92 Å². The monoisotopic (exact) mass is 170 g/mol. The maximum atomic E-state index is 11.1. The Kier molecular flexibility index (Phi) is 4.08. The molecule has 12 heavy (non-hydrogen) atoms. The van der Waals surface area contributed by atoms with Crippen LogP contribution in [0.4, 0.5) is 0 Å². The van der Waals surface area contributed by atoms with Gasteiger partial charge in [-0.15, -0.1) is 0 Å². The van der Waals surface area contributed by atoms with Crippen molar-refractivity contribution in [3.63, 3.8) is 0 Å². The number of carbonyl (C=O) groups is 1. The molecule has 0 atom stereocenters. The molecule has 0 aromatic rings. The third-order valence-electron chi connectivity index (χ3n) is 2.13. The maximum absolute atomic E-state index is 11.1. The molecule has 0 unspecified atom stereocenters. The third kappa shape index (κ3) is 3.72. The highest BCUT2D eigenvalue weighted by atomic mass is 16.2. The SMILES string of the molecule is NCCCCCNC(=O)C1CC1. The van der Waals surface area contributed by atoms with E-state index >= 15 is 0 Å². The molecule has 3 N–H and O–H groups in total. The zero-order valence-corrected chi connectivity index (χ0v) is 7.51. The summed E-state index contributed by atoms with van der Waals surface area (Å²) >= 11 is 0. The molecule has 1 fully saturated rings. The summed E-state index contributed by atoms with van der Waals surface area (Å²) in [6.07, 6.45) is 5.44. The summed E-state index contributed by atoms with van der Waals surface area (Å²) in [5.74, 6) is 0.599. The molecule has 3 heteroatoms. The largest absolute Gasteiger partial charge is 0.356 e. The summed E-state index contributed by atoms with van der Waals surface area (Å²) in [4.78, 5) is 11.1. The number of hydrogen-bond acceptors (Lipinski definition) is 2. The van der Waals surface area contributed by atoms with Gasteiger partial charge >= 0.3 is 0 Å². The molecule has 3 nitrogen and oxygen atoms in total. The van der Waals surface area contributed by atoms with Crippen LogP contribution in [0.3, 0.4) is 0 Å². The molecule has 1 saturated carbocycles. The van der Waals surface area contributed by atoms with Gasteiger partial charge in [0.05, 0.1) is 0 Å². The van der Waals surface area contributed by atoms with Gasteiger partial charge in [-0.1, -0.05) is 6.42 Å². The van der Waals surface area contributed by atoms with E-state index in [-0.39, 0.29) is 5.91 Å². The number of hydrogen-bond donors (Lipinski definition) is 2. The van der Waals surface area contributed by atoms with Crippen molar-refractivity contribution in [2.24, 2.45) is 11.7 Å². The van der Waals surface area contributed by atoms with Crippen molar-refractivity contribution >= 4 is 5.91 Å². The minimum Gasteiger partial charge on any atom is -0.356 e. The van der Waals surface area contributed by atoms with E-state index in [1.807, 2.05) is 0 Å². The fourth-order valence-electron chi connectivity index (χ4n) is 1.15. The quantitative estimate of drug-likeness (QED) is 0.575. The van der Waals surface area contributed by atoms with Crippen LogP contribution in [-0.4, -0.2) is 19.0 Å². The second kappa shape index (κ2) is 5.14. The van der Waals surface area contributed by atoms with Gasteiger partial charge in [-0.3, -0.25) is 4.79 Å². The second-order valence-corrected chi connectivity index (χ2v) is 3.41. The Morgan fingerprint density at radius 1 is 1.33 bits per heavy atom. The van der Waals surface area contributed by atoms with E-state index in [1.54, 1.807) is 0 Å². The van der Waals surface area contributed by atoms with Gasteiger partial charge in [-0.25, -0.2) is 0 Å². The fourth-order valence-corrected chi connectivity index (χ4v) is 1.15. The number of carbonyl (C=O) groups excluding carboxylic acids is 1.